The lowest BCUT2D eigenvalue weighted by Crippen LogP contribution is -2.26. The molecule has 0 spiro atoms. The number of esters is 1. The van der Waals surface area contributed by atoms with E-state index in [1.54, 1.807) is 6.92 Å². The Morgan fingerprint density at radius 2 is 1.86 bits per heavy atom. The Balaban J connectivity index is 1.53. The number of nitrogens with zero attached hydrogens (tertiary/aromatic N) is 1. The van der Waals surface area contributed by atoms with E-state index in [2.05, 4.69) is 20.9 Å². The quantitative estimate of drug-likeness (QED) is 0.631. The Morgan fingerprint density at radius 3 is 2.57 bits per heavy atom. The van der Waals surface area contributed by atoms with E-state index in [0.717, 1.165) is 22.0 Å². The molecule has 0 amide bonds. The van der Waals surface area contributed by atoms with Crippen LogP contribution in [-0.4, -0.2) is 24.2 Å². The topological polar surface area (TPSA) is 66.4 Å². The summed E-state index contributed by atoms with van der Waals surface area (Å²) >= 11 is 3.56. The highest BCUT2D eigenvalue weighted by Gasteiger charge is 2.40. The third-order valence-corrected chi connectivity index (χ3v) is 5.28. The van der Waals surface area contributed by atoms with E-state index in [9.17, 15) is 4.79 Å². The van der Waals surface area contributed by atoms with Gasteiger partial charge in [0.1, 0.15) is 6.61 Å². The molecule has 0 saturated heterocycles. The SMILES string of the molecule is CCC1Oc2cc(Br)c(C3OC(C)=NC3C(=O)OCc3ccccc3)cc2O1. The number of carbonyl (C=O) groups is 1. The van der Waals surface area contributed by atoms with Crippen molar-refractivity contribution in [3.8, 4) is 11.5 Å². The highest BCUT2D eigenvalue weighted by Crippen LogP contribution is 2.44. The standard InChI is InChI=1S/C21H20BrNO5/c1-3-18-27-16-9-14(15(22)10-17(16)28-18)20-19(23-12(2)26-20)21(24)25-11-13-7-5-4-6-8-13/h4-10,18-20H,3,11H2,1-2H3. The molecule has 2 aromatic rings. The van der Waals surface area contributed by atoms with Gasteiger partial charge in [-0.1, -0.05) is 53.2 Å². The fourth-order valence-electron chi connectivity index (χ4n) is 3.19. The van der Waals surface area contributed by atoms with Crippen molar-refractivity contribution in [2.45, 2.75) is 45.3 Å². The van der Waals surface area contributed by atoms with Crippen molar-refractivity contribution in [2.75, 3.05) is 0 Å². The van der Waals surface area contributed by atoms with Crippen molar-refractivity contribution in [1.29, 1.82) is 0 Å². The van der Waals surface area contributed by atoms with Crippen LogP contribution in [0.25, 0.3) is 0 Å². The van der Waals surface area contributed by atoms with E-state index in [0.29, 0.717) is 17.4 Å². The van der Waals surface area contributed by atoms with Crippen molar-refractivity contribution in [3.05, 3.63) is 58.1 Å². The average Bonchev–Trinajstić information content (AvgIpc) is 3.28. The molecule has 146 valence electrons. The summed E-state index contributed by atoms with van der Waals surface area (Å²) in [7, 11) is 0. The Bertz CT molecular complexity index is 915. The molecule has 0 fully saturated rings. The minimum absolute atomic E-state index is 0.192. The normalized spacial score (nSPS) is 22.5. The number of carbonyl (C=O) groups excluding carboxylic acids is 1. The Labute approximate surface area is 171 Å². The molecule has 7 heteroatoms. The monoisotopic (exact) mass is 445 g/mol. The van der Waals surface area contributed by atoms with Gasteiger partial charge in [0, 0.05) is 23.4 Å². The van der Waals surface area contributed by atoms with Crippen LogP contribution in [0.15, 0.2) is 51.9 Å². The molecule has 2 heterocycles. The van der Waals surface area contributed by atoms with Crippen LogP contribution in [-0.2, 0) is 20.9 Å². The summed E-state index contributed by atoms with van der Waals surface area (Å²) < 4.78 is 23.6. The highest BCUT2D eigenvalue weighted by molar-refractivity contribution is 9.10. The molecule has 4 rings (SSSR count). The minimum atomic E-state index is -0.776. The lowest BCUT2D eigenvalue weighted by Gasteiger charge is -2.19. The van der Waals surface area contributed by atoms with Gasteiger partial charge in [0.15, 0.2) is 29.5 Å². The van der Waals surface area contributed by atoms with Crippen LogP contribution in [0.5, 0.6) is 11.5 Å². The summed E-state index contributed by atoms with van der Waals surface area (Å²) in [5.41, 5.74) is 1.68. The molecule has 0 saturated carbocycles. The predicted molar refractivity (Wildman–Crippen MR) is 106 cm³/mol. The van der Waals surface area contributed by atoms with Gasteiger partial charge < -0.3 is 18.9 Å². The third-order valence-electron chi connectivity index (χ3n) is 4.59. The molecular formula is C21H20BrNO5. The number of hydrogen-bond acceptors (Lipinski definition) is 6. The fourth-order valence-corrected chi connectivity index (χ4v) is 3.74. The van der Waals surface area contributed by atoms with Crippen molar-refractivity contribution in [1.82, 2.24) is 0 Å². The van der Waals surface area contributed by atoms with Gasteiger partial charge in [-0.15, -0.1) is 0 Å². The first-order valence-electron chi connectivity index (χ1n) is 9.13. The number of aliphatic imine (C=N–C) groups is 1. The van der Waals surface area contributed by atoms with Gasteiger partial charge in [0.2, 0.25) is 6.29 Å². The second-order valence-corrected chi connectivity index (χ2v) is 7.47. The molecular weight excluding hydrogens is 426 g/mol. The van der Waals surface area contributed by atoms with Crippen LogP contribution >= 0.6 is 15.9 Å². The molecule has 0 radical (unpaired) electrons. The van der Waals surface area contributed by atoms with Crippen molar-refractivity contribution in [3.63, 3.8) is 0 Å². The first kappa shape index (κ1) is 18.8. The van der Waals surface area contributed by atoms with Crippen LogP contribution < -0.4 is 9.47 Å². The molecule has 2 aromatic carbocycles. The van der Waals surface area contributed by atoms with Crippen molar-refractivity contribution >= 4 is 27.8 Å². The molecule has 2 aliphatic heterocycles. The van der Waals surface area contributed by atoms with Crippen LogP contribution in [0.2, 0.25) is 0 Å². The molecule has 0 bridgehead atoms. The minimum Gasteiger partial charge on any atom is -0.470 e. The van der Waals surface area contributed by atoms with Crippen molar-refractivity contribution < 1.29 is 23.7 Å². The van der Waals surface area contributed by atoms with Crippen LogP contribution in [0.1, 0.15) is 37.5 Å². The number of benzene rings is 2. The molecule has 2 aliphatic rings. The summed E-state index contributed by atoms with van der Waals surface area (Å²) in [6, 6.07) is 12.4. The van der Waals surface area contributed by atoms with E-state index in [4.69, 9.17) is 18.9 Å². The molecule has 28 heavy (non-hydrogen) atoms. The molecule has 0 N–H and O–H groups in total. The van der Waals surface area contributed by atoms with Gasteiger partial charge in [-0.3, -0.25) is 0 Å². The number of rotatable bonds is 5. The Hall–Kier alpha value is -2.54. The summed E-state index contributed by atoms with van der Waals surface area (Å²) in [6.07, 6.45) is -0.156. The summed E-state index contributed by atoms with van der Waals surface area (Å²) in [5.74, 6) is 1.32. The first-order valence-corrected chi connectivity index (χ1v) is 9.93. The molecule has 0 aromatic heterocycles. The number of hydrogen-bond donors (Lipinski definition) is 0. The van der Waals surface area contributed by atoms with E-state index in [1.165, 1.54) is 0 Å². The van der Waals surface area contributed by atoms with Crippen LogP contribution in [0.4, 0.5) is 0 Å². The Morgan fingerprint density at radius 1 is 1.14 bits per heavy atom. The summed E-state index contributed by atoms with van der Waals surface area (Å²) in [5, 5.41) is 0. The summed E-state index contributed by atoms with van der Waals surface area (Å²) in [6.45, 7) is 3.91. The van der Waals surface area contributed by atoms with Gasteiger partial charge in [-0.2, -0.15) is 0 Å². The number of halogens is 1. The third kappa shape index (κ3) is 3.71. The second kappa shape index (κ2) is 7.83. The van der Waals surface area contributed by atoms with Gasteiger partial charge in [0.25, 0.3) is 0 Å². The summed E-state index contributed by atoms with van der Waals surface area (Å²) in [4.78, 5) is 17.1. The molecule has 3 unspecified atom stereocenters. The van der Waals surface area contributed by atoms with E-state index >= 15 is 0 Å². The maximum absolute atomic E-state index is 12.7. The van der Waals surface area contributed by atoms with Gasteiger partial charge in [-0.25, -0.2) is 9.79 Å². The second-order valence-electron chi connectivity index (χ2n) is 6.62. The van der Waals surface area contributed by atoms with E-state index < -0.39 is 18.1 Å². The average molecular weight is 446 g/mol. The fraction of sp³-hybridized carbons (Fsp3) is 0.333. The van der Waals surface area contributed by atoms with Crippen LogP contribution in [0, 0.1) is 0 Å². The maximum atomic E-state index is 12.7. The molecule has 6 nitrogen and oxygen atoms in total. The lowest BCUT2D eigenvalue weighted by atomic mass is 10.0. The highest BCUT2D eigenvalue weighted by atomic mass is 79.9. The maximum Gasteiger partial charge on any atom is 0.335 e. The smallest absolute Gasteiger partial charge is 0.335 e. The molecule has 0 aliphatic carbocycles. The van der Waals surface area contributed by atoms with Crippen LogP contribution in [0.3, 0.4) is 0 Å². The van der Waals surface area contributed by atoms with E-state index in [-0.39, 0.29) is 12.9 Å². The van der Waals surface area contributed by atoms with Gasteiger partial charge in [-0.05, 0) is 17.7 Å². The van der Waals surface area contributed by atoms with Gasteiger partial charge >= 0.3 is 5.97 Å². The first-order chi connectivity index (χ1) is 13.5. The zero-order chi connectivity index (χ0) is 19.7. The van der Waals surface area contributed by atoms with Crippen molar-refractivity contribution in [2.24, 2.45) is 4.99 Å². The van der Waals surface area contributed by atoms with E-state index in [1.807, 2.05) is 49.4 Å². The lowest BCUT2D eigenvalue weighted by molar-refractivity contribution is -0.148. The number of ether oxygens (including phenoxy) is 4. The van der Waals surface area contributed by atoms with Gasteiger partial charge in [0.05, 0.1) is 0 Å². The predicted octanol–water partition coefficient (Wildman–Crippen LogP) is 4.56. The zero-order valence-corrected chi connectivity index (χ0v) is 17.1. The zero-order valence-electron chi connectivity index (χ0n) is 15.6. The largest absolute Gasteiger partial charge is 0.470 e. The molecule has 3 atom stereocenters. The Kier molecular flexibility index (Phi) is 5.26. The number of fused-ring (bicyclic) bond motifs is 1.